The molecule has 0 amide bonds. The number of para-hydroxylation sites is 1. The van der Waals surface area contributed by atoms with Crippen molar-refractivity contribution in [3.8, 4) is 0 Å². The minimum Gasteiger partial charge on any atom is -0.478 e. The molecule has 21 heavy (non-hydrogen) atoms. The first kappa shape index (κ1) is 13.8. The summed E-state index contributed by atoms with van der Waals surface area (Å²) in [5.41, 5.74) is 1.50. The molecule has 0 saturated heterocycles. The predicted molar refractivity (Wildman–Crippen MR) is 79.9 cm³/mol. The fourth-order valence-electron chi connectivity index (χ4n) is 1.75. The van der Waals surface area contributed by atoms with Crippen LogP contribution < -0.4 is 0 Å². The van der Waals surface area contributed by atoms with Gasteiger partial charge in [-0.3, -0.25) is 0 Å². The monoisotopic (exact) mass is 317 g/mol. The summed E-state index contributed by atoms with van der Waals surface area (Å²) in [6.45, 7) is 0. The number of hydrogen-bond donors (Lipinski definition) is 1. The Hall–Kier alpha value is -2.18. The summed E-state index contributed by atoms with van der Waals surface area (Å²) in [5, 5.41) is 17.8. The highest BCUT2D eigenvalue weighted by Crippen LogP contribution is 2.28. The molecule has 0 saturated carbocycles. The minimum atomic E-state index is -1.07. The summed E-state index contributed by atoms with van der Waals surface area (Å²) in [7, 11) is 0. The molecule has 0 radical (unpaired) electrons. The number of aromatic carboxylic acids is 1. The second-order valence-corrected chi connectivity index (χ2v) is 5.58. The van der Waals surface area contributed by atoms with Gasteiger partial charge >= 0.3 is 5.97 Å². The Kier molecular flexibility index (Phi) is 3.72. The average molecular weight is 318 g/mol. The van der Waals surface area contributed by atoms with Gasteiger partial charge in [-0.25, -0.2) is 9.78 Å². The average Bonchev–Trinajstić information content (AvgIpc) is 2.49. The lowest BCUT2D eigenvalue weighted by Crippen LogP contribution is -1.98. The number of carboxylic acids is 1. The normalized spacial score (nSPS) is 10.7. The van der Waals surface area contributed by atoms with Crippen LogP contribution in [0.1, 0.15) is 10.4 Å². The summed E-state index contributed by atoms with van der Waals surface area (Å²) in [6, 6.07) is 12.2. The molecule has 0 atom stereocenters. The number of carboxylic acid groups (broad SMARTS) is 1. The fourth-order valence-corrected chi connectivity index (χ4v) is 2.69. The summed E-state index contributed by atoms with van der Waals surface area (Å²) >= 11 is 7.07. The quantitative estimate of drug-likeness (QED) is 0.796. The van der Waals surface area contributed by atoms with Crippen molar-refractivity contribution in [2.45, 2.75) is 10.1 Å². The molecule has 0 spiro atoms. The van der Waals surface area contributed by atoms with E-state index in [-0.39, 0.29) is 10.6 Å². The van der Waals surface area contributed by atoms with Gasteiger partial charge in [-0.1, -0.05) is 23.7 Å². The molecule has 2 aromatic carbocycles. The van der Waals surface area contributed by atoms with Crippen LogP contribution in [0, 0.1) is 0 Å². The molecule has 0 unspecified atom stereocenters. The van der Waals surface area contributed by atoms with Crippen LogP contribution >= 0.6 is 23.4 Å². The lowest BCUT2D eigenvalue weighted by Gasteiger charge is -2.03. The van der Waals surface area contributed by atoms with Crippen molar-refractivity contribution in [2.24, 2.45) is 0 Å². The maximum atomic E-state index is 11.1. The molecule has 5 nitrogen and oxygen atoms in total. The molecule has 1 heterocycles. The molecule has 3 aromatic rings. The van der Waals surface area contributed by atoms with Gasteiger partial charge in [0.2, 0.25) is 5.16 Å². The van der Waals surface area contributed by atoms with Gasteiger partial charge in [0.25, 0.3) is 0 Å². The van der Waals surface area contributed by atoms with Crippen molar-refractivity contribution in [3.63, 3.8) is 0 Å². The Labute approximate surface area is 129 Å². The Bertz CT molecular complexity index is 841. The largest absolute Gasteiger partial charge is 0.478 e. The van der Waals surface area contributed by atoms with Crippen molar-refractivity contribution >= 4 is 40.4 Å². The van der Waals surface area contributed by atoms with Crippen LogP contribution in [-0.2, 0) is 0 Å². The van der Waals surface area contributed by atoms with Gasteiger partial charge in [0.05, 0.1) is 16.1 Å². The van der Waals surface area contributed by atoms with E-state index in [0.717, 1.165) is 5.52 Å². The molecule has 7 heteroatoms. The summed E-state index contributed by atoms with van der Waals surface area (Å²) in [4.78, 5) is 16.1. The van der Waals surface area contributed by atoms with Crippen molar-refractivity contribution in [1.29, 1.82) is 0 Å². The number of hydrogen-bond acceptors (Lipinski definition) is 5. The van der Waals surface area contributed by atoms with Crippen LogP contribution in [0.15, 0.2) is 52.5 Å². The minimum absolute atomic E-state index is 0.0513. The highest BCUT2D eigenvalue weighted by atomic mass is 35.5. The highest BCUT2D eigenvalue weighted by Gasteiger charge is 2.11. The third kappa shape index (κ3) is 2.96. The Morgan fingerprint density at radius 3 is 2.62 bits per heavy atom. The zero-order valence-electron chi connectivity index (χ0n) is 10.5. The lowest BCUT2D eigenvalue weighted by molar-refractivity contribution is 0.0697. The molecule has 0 aliphatic carbocycles. The molecule has 0 bridgehead atoms. The number of aromatic nitrogens is 3. The Morgan fingerprint density at radius 2 is 1.86 bits per heavy atom. The van der Waals surface area contributed by atoms with E-state index >= 15 is 0 Å². The molecule has 3 rings (SSSR count). The number of rotatable bonds is 3. The van der Waals surface area contributed by atoms with Gasteiger partial charge in [-0.2, -0.15) is 0 Å². The fraction of sp³-hybridized carbons (Fsp3) is 0. The molecule has 0 aliphatic heterocycles. The maximum Gasteiger partial charge on any atom is 0.337 e. The predicted octanol–water partition coefficient (Wildman–Crippen LogP) is 3.53. The third-order valence-corrected chi connectivity index (χ3v) is 3.89. The molecular weight excluding hydrogens is 310 g/mol. The van der Waals surface area contributed by atoms with Crippen molar-refractivity contribution in [2.75, 3.05) is 0 Å². The van der Waals surface area contributed by atoms with Crippen molar-refractivity contribution < 1.29 is 9.90 Å². The van der Waals surface area contributed by atoms with Gasteiger partial charge in [0.15, 0.2) is 0 Å². The molecule has 1 N–H and O–H groups in total. The SMILES string of the molecule is O=C(O)c1cc(Sc2nnc3ccccc3n2)ccc1Cl. The first-order chi connectivity index (χ1) is 10.1. The Balaban J connectivity index is 1.94. The van der Waals surface area contributed by atoms with E-state index in [1.165, 1.54) is 17.8 Å². The van der Waals surface area contributed by atoms with Gasteiger partial charge < -0.3 is 5.11 Å². The lowest BCUT2D eigenvalue weighted by atomic mass is 10.2. The first-order valence-electron chi connectivity index (χ1n) is 5.93. The highest BCUT2D eigenvalue weighted by molar-refractivity contribution is 7.99. The summed E-state index contributed by atoms with van der Waals surface area (Å²) in [6.07, 6.45) is 0. The van der Waals surface area contributed by atoms with Crippen LogP contribution in [0.2, 0.25) is 5.02 Å². The molecule has 1 aromatic heterocycles. The van der Waals surface area contributed by atoms with Gasteiger partial charge in [-0.05, 0) is 42.1 Å². The number of benzene rings is 2. The number of halogens is 1. The first-order valence-corrected chi connectivity index (χ1v) is 7.13. The topological polar surface area (TPSA) is 76.0 Å². The molecule has 104 valence electrons. The zero-order valence-corrected chi connectivity index (χ0v) is 12.1. The maximum absolute atomic E-state index is 11.1. The van der Waals surface area contributed by atoms with E-state index in [1.54, 1.807) is 12.1 Å². The second kappa shape index (κ2) is 5.67. The van der Waals surface area contributed by atoms with E-state index in [2.05, 4.69) is 15.2 Å². The summed E-state index contributed by atoms with van der Waals surface area (Å²) in [5.74, 6) is -1.07. The van der Waals surface area contributed by atoms with Gasteiger partial charge in [0, 0.05) is 4.90 Å². The Morgan fingerprint density at radius 1 is 1.10 bits per heavy atom. The number of carbonyl (C=O) groups is 1. The smallest absolute Gasteiger partial charge is 0.337 e. The summed E-state index contributed by atoms with van der Waals surface area (Å²) < 4.78 is 0. The van der Waals surface area contributed by atoms with Gasteiger partial charge in [0.1, 0.15) is 5.52 Å². The van der Waals surface area contributed by atoms with E-state index in [4.69, 9.17) is 16.7 Å². The van der Waals surface area contributed by atoms with Crippen molar-refractivity contribution in [1.82, 2.24) is 15.2 Å². The standard InChI is InChI=1S/C14H8ClN3O2S/c15-10-6-5-8(7-9(10)13(19)20)21-14-16-11-3-1-2-4-12(11)17-18-14/h1-7H,(H,19,20). The van der Waals surface area contributed by atoms with Crippen LogP contribution in [0.25, 0.3) is 11.0 Å². The second-order valence-electron chi connectivity index (χ2n) is 4.13. The van der Waals surface area contributed by atoms with Crippen LogP contribution in [0.5, 0.6) is 0 Å². The molecule has 0 fully saturated rings. The van der Waals surface area contributed by atoms with E-state index < -0.39 is 5.97 Å². The number of fused-ring (bicyclic) bond motifs is 1. The van der Waals surface area contributed by atoms with Crippen molar-refractivity contribution in [3.05, 3.63) is 53.1 Å². The molecule has 0 aliphatic rings. The van der Waals surface area contributed by atoms with E-state index in [0.29, 0.717) is 15.6 Å². The molecular formula is C14H8ClN3O2S. The number of nitrogens with zero attached hydrogens (tertiary/aromatic N) is 3. The van der Waals surface area contributed by atoms with E-state index in [1.807, 2.05) is 24.3 Å². The zero-order chi connectivity index (χ0) is 14.8. The third-order valence-electron chi connectivity index (χ3n) is 2.72. The van der Waals surface area contributed by atoms with Crippen LogP contribution in [-0.4, -0.2) is 26.3 Å². The van der Waals surface area contributed by atoms with Gasteiger partial charge in [-0.15, -0.1) is 10.2 Å². The van der Waals surface area contributed by atoms with Crippen LogP contribution in [0.3, 0.4) is 0 Å². The van der Waals surface area contributed by atoms with E-state index in [9.17, 15) is 4.79 Å². The van der Waals surface area contributed by atoms with Crippen LogP contribution in [0.4, 0.5) is 0 Å².